The summed E-state index contributed by atoms with van der Waals surface area (Å²) < 4.78 is 0. The number of rotatable bonds is 8. The summed E-state index contributed by atoms with van der Waals surface area (Å²) in [6.45, 7) is 5.74. The number of unbranched alkanes of at least 4 members (excludes halogenated alkanes) is 1. The lowest BCUT2D eigenvalue weighted by atomic mass is 10.2. The highest BCUT2D eigenvalue weighted by molar-refractivity contribution is 5.96. The van der Waals surface area contributed by atoms with Gasteiger partial charge in [0.2, 0.25) is 11.8 Å². The molecule has 1 heterocycles. The zero-order valence-electron chi connectivity index (χ0n) is 16.3. The molecule has 7 heteroatoms. The first kappa shape index (κ1) is 20.9. The quantitative estimate of drug-likeness (QED) is 0.684. The molecule has 0 radical (unpaired) electrons. The molecule has 148 valence electrons. The van der Waals surface area contributed by atoms with Crippen LogP contribution in [0.1, 0.15) is 30.1 Å². The summed E-state index contributed by atoms with van der Waals surface area (Å²) in [4.78, 5) is 42.0. The molecule has 0 saturated carbocycles. The highest BCUT2D eigenvalue weighted by atomic mass is 16.2. The van der Waals surface area contributed by atoms with Crippen LogP contribution in [0.2, 0.25) is 0 Å². The predicted molar refractivity (Wildman–Crippen MR) is 104 cm³/mol. The Hall–Kier alpha value is -2.41. The van der Waals surface area contributed by atoms with Gasteiger partial charge in [-0.15, -0.1) is 0 Å². The van der Waals surface area contributed by atoms with E-state index in [0.29, 0.717) is 38.3 Å². The van der Waals surface area contributed by atoms with E-state index in [9.17, 15) is 14.4 Å². The topological polar surface area (TPSA) is 73.0 Å². The number of hydrogen-bond acceptors (Lipinski definition) is 4. The Balaban J connectivity index is 1.73. The van der Waals surface area contributed by atoms with Crippen molar-refractivity contribution in [3.8, 4) is 0 Å². The average Bonchev–Trinajstić information content (AvgIpc) is 2.68. The van der Waals surface area contributed by atoms with Crippen LogP contribution >= 0.6 is 0 Å². The van der Waals surface area contributed by atoms with E-state index in [0.717, 1.165) is 19.4 Å². The summed E-state index contributed by atoms with van der Waals surface area (Å²) in [6.07, 6.45) is 2.05. The van der Waals surface area contributed by atoms with Crippen LogP contribution in [0, 0.1) is 0 Å². The molecular formula is C20H30N4O3. The van der Waals surface area contributed by atoms with Crippen molar-refractivity contribution in [2.75, 3.05) is 52.9 Å². The molecule has 1 N–H and O–H groups in total. The zero-order chi connectivity index (χ0) is 19.6. The number of piperazine rings is 1. The van der Waals surface area contributed by atoms with Crippen LogP contribution in [0.25, 0.3) is 0 Å². The van der Waals surface area contributed by atoms with E-state index in [1.165, 1.54) is 4.90 Å². The minimum atomic E-state index is -0.161. The Kier molecular flexibility index (Phi) is 8.26. The molecule has 1 aliphatic heterocycles. The van der Waals surface area contributed by atoms with Gasteiger partial charge < -0.3 is 15.1 Å². The van der Waals surface area contributed by atoms with Crippen molar-refractivity contribution in [2.24, 2.45) is 0 Å². The molecule has 0 aromatic heterocycles. The molecule has 1 saturated heterocycles. The lowest BCUT2D eigenvalue weighted by Gasteiger charge is -2.35. The number of hydrogen-bond donors (Lipinski definition) is 1. The van der Waals surface area contributed by atoms with Crippen LogP contribution in [-0.2, 0) is 9.59 Å². The average molecular weight is 374 g/mol. The molecule has 7 nitrogen and oxygen atoms in total. The Morgan fingerprint density at radius 1 is 1.07 bits per heavy atom. The maximum Gasteiger partial charge on any atom is 0.254 e. The molecule has 1 aromatic carbocycles. The van der Waals surface area contributed by atoms with Gasteiger partial charge >= 0.3 is 0 Å². The number of nitrogens with one attached hydrogen (secondary N) is 1. The molecular weight excluding hydrogens is 344 g/mol. The number of amides is 3. The Morgan fingerprint density at radius 3 is 2.37 bits per heavy atom. The number of nitrogens with zero attached hydrogens (tertiary/aromatic N) is 3. The van der Waals surface area contributed by atoms with Crippen molar-refractivity contribution >= 4 is 17.7 Å². The zero-order valence-corrected chi connectivity index (χ0v) is 16.3. The second-order valence-electron chi connectivity index (χ2n) is 6.89. The maximum absolute atomic E-state index is 12.5. The van der Waals surface area contributed by atoms with E-state index in [1.807, 2.05) is 6.07 Å². The number of benzene rings is 1. The minimum Gasteiger partial charge on any atom is -0.355 e. The fraction of sp³-hybridized carbons (Fsp3) is 0.550. The lowest BCUT2D eigenvalue weighted by Crippen LogP contribution is -2.53. The normalized spacial score (nSPS) is 14.7. The molecule has 0 bridgehead atoms. The molecule has 0 atom stereocenters. The first-order chi connectivity index (χ1) is 13.0. The van der Waals surface area contributed by atoms with Crippen LogP contribution < -0.4 is 5.32 Å². The van der Waals surface area contributed by atoms with Crippen LogP contribution in [-0.4, -0.2) is 85.3 Å². The first-order valence-corrected chi connectivity index (χ1v) is 9.58. The van der Waals surface area contributed by atoms with Crippen molar-refractivity contribution in [3.63, 3.8) is 0 Å². The Morgan fingerprint density at radius 2 is 1.74 bits per heavy atom. The van der Waals surface area contributed by atoms with Crippen molar-refractivity contribution < 1.29 is 14.4 Å². The van der Waals surface area contributed by atoms with Gasteiger partial charge in [-0.05, 0) is 18.6 Å². The molecule has 1 fully saturated rings. The fourth-order valence-corrected chi connectivity index (χ4v) is 2.99. The number of carbonyl (C=O) groups is 3. The lowest BCUT2D eigenvalue weighted by molar-refractivity contribution is -0.133. The van der Waals surface area contributed by atoms with Crippen molar-refractivity contribution in [1.82, 2.24) is 20.0 Å². The van der Waals surface area contributed by atoms with Crippen molar-refractivity contribution in [3.05, 3.63) is 35.9 Å². The summed E-state index contributed by atoms with van der Waals surface area (Å²) in [5.41, 5.74) is 0.576. The Bertz CT molecular complexity index is 627. The summed E-state index contributed by atoms with van der Waals surface area (Å²) >= 11 is 0. The molecule has 0 spiro atoms. The molecule has 1 aliphatic rings. The number of likely N-dealkylation sites (N-methyl/N-ethyl adjacent to an activating group) is 1. The monoisotopic (exact) mass is 374 g/mol. The SMILES string of the molecule is CCCCNC(=O)CN1CCN(C(=O)CN(C)C(=O)c2ccccc2)CC1. The highest BCUT2D eigenvalue weighted by Crippen LogP contribution is 2.06. The fourth-order valence-electron chi connectivity index (χ4n) is 2.99. The second-order valence-corrected chi connectivity index (χ2v) is 6.89. The van der Waals surface area contributed by atoms with E-state index >= 15 is 0 Å². The smallest absolute Gasteiger partial charge is 0.254 e. The van der Waals surface area contributed by atoms with E-state index in [2.05, 4.69) is 17.1 Å². The van der Waals surface area contributed by atoms with Crippen LogP contribution in [0.3, 0.4) is 0 Å². The third-order valence-corrected chi connectivity index (χ3v) is 4.68. The van der Waals surface area contributed by atoms with Gasteiger partial charge in [-0.3, -0.25) is 19.3 Å². The molecule has 1 aromatic rings. The van der Waals surface area contributed by atoms with Gasteiger partial charge in [0.05, 0.1) is 13.1 Å². The van der Waals surface area contributed by atoms with Gasteiger partial charge in [-0.1, -0.05) is 31.5 Å². The van der Waals surface area contributed by atoms with Gasteiger partial charge in [0.25, 0.3) is 5.91 Å². The highest BCUT2D eigenvalue weighted by Gasteiger charge is 2.24. The molecule has 0 unspecified atom stereocenters. The first-order valence-electron chi connectivity index (χ1n) is 9.58. The third kappa shape index (κ3) is 6.67. The summed E-state index contributed by atoms with van der Waals surface area (Å²) in [5, 5.41) is 2.91. The Labute approximate surface area is 161 Å². The van der Waals surface area contributed by atoms with Gasteiger partial charge in [0, 0.05) is 45.3 Å². The second kappa shape index (κ2) is 10.7. The van der Waals surface area contributed by atoms with E-state index in [1.54, 1.807) is 36.2 Å². The van der Waals surface area contributed by atoms with E-state index in [-0.39, 0.29) is 24.3 Å². The number of carbonyl (C=O) groups excluding carboxylic acids is 3. The largest absolute Gasteiger partial charge is 0.355 e. The van der Waals surface area contributed by atoms with Crippen LogP contribution in [0.15, 0.2) is 30.3 Å². The third-order valence-electron chi connectivity index (χ3n) is 4.68. The van der Waals surface area contributed by atoms with Gasteiger partial charge in [-0.2, -0.15) is 0 Å². The predicted octanol–water partition coefficient (Wildman–Crippen LogP) is 0.819. The van der Waals surface area contributed by atoms with Crippen molar-refractivity contribution in [1.29, 1.82) is 0 Å². The van der Waals surface area contributed by atoms with Crippen molar-refractivity contribution in [2.45, 2.75) is 19.8 Å². The summed E-state index contributed by atoms with van der Waals surface area (Å²) in [6, 6.07) is 8.95. The maximum atomic E-state index is 12.5. The molecule has 3 amide bonds. The minimum absolute atomic E-state index is 0.0383. The van der Waals surface area contributed by atoms with Gasteiger partial charge in [0.15, 0.2) is 0 Å². The molecule has 27 heavy (non-hydrogen) atoms. The standard InChI is InChI=1S/C20H30N4O3/c1-3-4-10-21-18(25)15-23-11-13-24(14-12-23)19(26)16-22(2)20(27)17-8-6-5-7-9-17/h5-9H,3-4,10-16H2,1-2H3,(H,21,25). The summed E-state index contributed by atoms with van der Waals surface area (Å²) in [5.74, 6) is -0.184. The molecule has 2 rings (SSSR count). The van der Waals surface area contributed by atoms with Crippen LogP contribution in [0.4, 0.5) is 0 Å². The van der Waals surface area contributed by atoms with Gasteiger partial charge in [0.1, 0.15) is 0 Å². The van der Waals surface area contributed by atoms with E-state index in [4.69, 9.17) is 0 Å². The van der Waals surface area contributed by atoms with E-state index < -0.39 is 0 Å². The molecule has 0 aliphatic carbocycles. The van der Waals surface area contributed by atoms with Gasteiger partial charge in [-0.25, -0.2) is 0 Å². The summed E-state index contributed by atoms with van der Waals surface area (Å²) in [7, 11) is 1.64. The van der Waals surface area contributed by atoms with Crippen LogP contribution in [0.5, 0.6) is 0 Å².